The molecule has 0 spiro atoms. The predicted octanol–water partition coefficient (Wildman–Crippen LogP) is 1.24. The summed E-state index contributed by atoms with van der Waals surface area (Å²) in [7, 11) is 1.58. The molecule has 102 valence electrons. The van der Waals surface area contributed by atoms with Gasteiger partial charge in [0.1, 0.15) is 0 Å². The zero-order valence-electron chi connectivity index (χ0n) is 10.4. The standard InChI is InChI=1S/C10H12BrN5O3/c1-6-5-7(11)19-8(6)9(17)12-10-13-14-15-16(10)3-4-18-2/h5H,3-4H2,1-2H3,(H,12,13,15,17). The summed E-state index contributed by atoms with van der Waals surface area (Å²) in [4.78, 5) is 12.0. The number of tetrazole rings is 1. The van der Waals surface area contributed by atoms with Crippen molar-refractivity contribution in [3.63, 3.8) is 0 Å². The maximum atomic E-state index is 12.0. The Balaban J connectivity index is 2.11. The third-order valence-corrected chi connectivity index (χ3v) is 2.75. The number of aryl methyl sites for hydroxylation is 1. The Bertz CT molecular complexity index is 579. The molecule has 0 aliphatic carbocycles. The van der Waals surface area contributed by atoms with Gasteiger partial charge < -0.3 is 9.15 Å². The van der Waals surface area contributed by atoms with E-state index in [2.05, 4.69) is 36.8 Å². The van der Waals surface area contributed by atoms with Crippen LogP contribution in [0.25, 0.3) is 0 Å². The minimum atomic E-state index is -0.406. The first-order valence-electron chi connectivity index (χ1n) is 5.44. The molecule has 0 radical (unpaired) electrons. The van der Waals surface area contributed by atoms with Crippen LogP contribution >= 0.6 is 15.9 Å². The van der Waals surface area contributed by atoms with E-state index >= 15 is 0 Å². The van der Waals surface area contributed by atoms with Crippen LogP contribution in [0.4, 0.5) is 5.95 Å². The van der Waals surface area contributed by atoms with Crippen LogP contribution in [0.2, 0.25) is 0 Å². The summed E-state index contributed by atoms with van der Waals surface area (Å²) in [5.41, 5.74) is 0.722. The van der Waals surface area contributed by atoms with Crippen LogP contribution in [-0.2, 0) is 11.3 Å². The first-order valence-corrected chi connectivity index (χ1v) is 6.23. The molecule has 0 aliphatic rings. The topological polar surface area (TPSA) is 95.1 Å². The first kappa shape index (κ1) is 13.7. The molecule has 1 N–H and O–H groups in total. The molecule has 9 heteroatoms. The number of methoxy groups -OCH3 is 1. The summed E-state index contributed by atoms with van der Waals surface area (Å²) in [6.07, 6.45) is 0. The molecule has 1 amide bonds. The van der Waals surface area contributed by atoms with Gasteiger partial charge in [0.15, 0.2) is 10.4 Å². The second kappa shape index (κ2) is 5.93. The van der Waals surface area contributed by atoms with Crippen molar-refractivity contribution in [2.24, 2.45) is 0 Å². The third-order valence-electron chi connectivity index (χ3n) is 2.36. The SMILES string of the molecule is COCCn1nnnc1NC(=O)c1oc(Br)cc1C. The number of aromatic nitrogens is 4. The molecule has 2 heterocycles. The Kier molecular flexibility index (Phi) is 4.27. The number of carbonyl (C=O) groups is 1. The van der Waals surface area contributed by atoms with Gasteiger partial charge in [0.25, 0.3) is 5.91 Å². The molecule has 19 heavy (non-hydrogen) atoms. The van der Waals surface area contributed by atoms with Gasteiger partial charge in [-0.3, -0.25) is 10.1 Å². The van der Waals surface area contributed by atoms with Crippen molar-refractivity contribution in [3.8, 4) is 0 Å². The molecule has 0 fully saturated rings. The van der Waals surface area contributed by atoms with Crippen LogP contribution in [0.5, 0.6) is 0 Å². The molecule has 0 saturated carbocycles. The normalized spacial score (nSPS) is 10.7. The van der Waals surface area contributed by atoms with Gasteiger partial charge in [0, 0.05) is 12.7 Å². The Morgan fingerprint density at radius 3 is 3.05 bits per heavy atom. The molecule has 0 unspecified atom stereocenters. The van der Waals surface area contributed by atoms with Crippen molar-refractivity contribution in [2.45, 2.75) is 13.5 Å². The van der Waals surface area contributed by atoms with Gasteiger partial charge in [0.2, 0.25) is 5.95 Å². The zero-order chi connectivity index (χ0) is 13.8. The lowest BCUT2D eigenvalue weighted by molar-refractivity contribution is 0.0992. The van der Waals surface area contributed by atoms with E-state index < -0.39 is 5.91 Å². The van der Waals surface area contributed by atoms with E-state index in [-0.39, 0.29) is 11.7 Å². The number of furan rings is 1. The molecule has 0 aromatic carbocycles. The smallest absolute Gasteiger partial charge is 0.294 e. The van der Waals surface area contributed by atoms with Crippen LogP contribution < -0.4 is 5.32 Å². The van der Waals surface area contributed by atoms with Crippen molar-refractivity contribution in [1.29, 1.82) is 0 Å². The van der Waals surface area contributed by atoms with Crippen molar-refractivity contribution in [3.05, 3.63) is 22.1 Å². The number of nitrogens with zero attached hydrogens (tertiary/aromatic N) is 4. The van der Waals surface area contributed by atoms with E-state index in [0.717, 1.165) is 5.56 Å². The molecule has 8 nitrogen and oxygen atoms in total. The average molecular weight is 330 g/mol. The quantitative estimate of drug-likeness (QED) is 0.886. The monoisotopic (exact) mass is 329 g/mol. The molecular weight excluding hydrogens is 318 g/mol. The minimum absolute atomic E-state index is 0.216. The summed E-state index contributed by atoms with van der Waals surface area (Å²) in [5.74, 6) is 0.0544. The van der Waals surface area contributed by atoms with E-state index in [9.17, 15) is 4.79 Å². The summed E-state index contributed by atoms with van der Waals surface area (Å²) in [6.45, 7) is 2.66. The summed E-state index contributed by atoms with van der Waals surface area (Å²) in [5, 5.41) is 13.6. The van der Waals surface area contributed by atoms with Crippen LogP contribution in [0, 0.1) is 6.92 Å². The van der Waals surface area contributed by atoms with Crippen LogP contribution in [0.3, 0.4) is 0 Å². The average Bonchev–Trinajstić information content (AvgIpc) is 2.93. The van der Waals surface area contributed by atoms with Gasteiger partial charge in [-0.15, -0.1) is 0 Å². The van der Waals surface area contributed by atoms with Gasteiger partial charge in [-0.1, -0.05) is 5.10 Å². The fourth-order valence-corrected chi connectivity index (χ4v) is 1.95. The van der Waals surface area contributed by atoms with Gasteiger partial charge in [-0.05, 0) is 39.3 Å². The maximum absolute atomic E-state index is 12.0. The first-order chi connectivity index (χ1) is 9.11. The lowest BCUT2D eigenvalue weighted by atomic mass is 10.3. The maximum Gasteiger partial charge on any atom is 0.294 e. The second-order valence-corrected chi connectivity index (χ2v) is 4.52. The molecule has 0 atom stereocenters. The number of ether oxygens (including phenoxy) is 1. The second-order valence-electron chi connectivity index (χ2n) is 3.74. The van der Waals surface area contributed by atoms with Gasteiger partial charge >= 0.3 is 0 Å². The molecule has 0 bridgehead atoms. The molecule has 2 aromatic rings. The summed E-state index contributed by atoms with van der Waals surface area (Å²) >= 11 is 3.17. The Hall–Kier alpha value is -1.74. The number of halogens is 1. The highest BCUT2D eigenvalue weighted by Crippen LogP contribution is 2.20. The predicted molar refractivity (Wildman–Crippen MR) is 68.8 cm³/mol. The number of hydrogen-bond acceptors (Lipinski definition) is 6. The van der Waals surface area contributed by atoms with Crippen LogP contribution in [0.15, 0.2) is 15.2 Å². The molecule has 0 aliphatic heterocycles. The number of carbonyl (C=O) groups excluding carboxylic acids is 1. The highest BCUT2D eigenvalue weighted by molar-refractivity contribution is 9.10. The largest absolute Gasteiger partial charge is 0.444 e. The van der Waals surface area contributed by atoms with E-state index in [0.29, 0.717) is 17.8 Å². The van der Waals surface area contributed by atoms with Gasteiger partial charge in [0.05, 0.1) is 13.2 Å². The summed E-state index contributed by atoms with van der Waals surface area (Å²) < 4.78 is 12.1. The van der Waals surface area contributed by atoms with E-state index in [4.69, 9.17) is 9.15 Å². The third kappa shape index (κ3) is 3.18. The van der Waals surface area contributed by atoms with Crippen molar-refractivity contribution in [1.82, 2.24) is 20.2 Å². The lowest BCUT2D eigenvalue weighted by Gasteiger charge is -2.04. The van der Waals surface area contributed by atoms with Crippen molar-refractivity contribution < 1.29 is 13.9 Å². The van der Waals surface area contributed by atoms with E-state index in [1.807, 2.05) is 0 Å². The van der Waals surface area contributed by atoms with E-state index in [1.54, 1.807) is 20.1 Å². The van der Waals surface area contributed by atoms with Gasteiger partial charge in [-0.25, -0.2) is 4.68 Å². The number of nitrogens with one attached hydrogen (secondary N) is 1. The van der Waals surface area contributed by atoms with Gasteiger partial charge in [-0.2, -0.15) is 0 Å². The van der Waals surface area contributed by atoms with E-state index in [1.165, 1.54) is 4.68 Å². The highest BCUT2D eigenvalue weighted by atomic mass is 79.9. The number of anilines is 1. The summed E-state index contributed by atoms with van der Waals surface area (Å²) in [6, 6.07) is 1.71. The fraction of sp³-hybridized carbons (Fsp3) is 0.400. The molecule has 0 saturated heterocycles. The lowest BCUT2D eigenvalue weighted by Crippen LogP contribution is -2.18. The van der Waals surface area contributed by atoms with Crippen molar-refractivity contribution >= 4 is 27.8 Å². The molecular formula is C10H12BrN5O3. The fourth-order valence-electron chi connectivity index (χ4n) is 1.45. The van der Waals surface area contributed by atoms with Crippen molar-refractivity contribution in [2.75, 3.05) is 19.0 Å². The molecule has 2 rings (SSSR count). The molecule has 2 aromatic heterocycles. The highest BCUT2D eigenvalue weighted by Gasteiger charge is 2.17. The Morgan fingerprint density at radius 1 is 1.63 bits per heavy atom. The number of rotatable bonds is 5. The minimum Gasteiger partial charge on any atom is -0.444 e. The number of hydrogen-bond donors (Lipinski definition) is 1. The van der Waals surface area contributed by atoms with Crippen LogP contribution in [0.1, 0.15) is 16.1 Å². The zero-order valence-corrected chi connectivity index (χ0v) is 12.0. The Labute approximate surface area is 117 Å². The number of amides is 1. The Morgan fingerprint density at radius 2 is 2.42 bits per heavy atom. The van der Waals surface area contributed by atoms with Crippen LogP contribution in [-0.4, -0.2) is 39.8 Å².